The van der Waals surface area contributed by atoms with Crippen LogP contribution in [-0.2, 0) is 11.2 Å². The van der Waals surface area contributed by atoms with E-state index in [0.29, 0.717) is 12.5 Å². The fraction of sp³-hybridized carbons (Fsp3) is 0.500. The van der Waals surface area contributed by atoms with Crippen molar-refractivity contribution in [3.8, 4) is 0 Å². The minimum absolute atomic E-state index is 0.219. The molecule has 3 rings (SSSR count). The summed E-state index contributed by atoms with van der Waals surface area (Å²) in [7, 11) is 0. The molecule has 1 heterocycles. The number of aryl methyl sites for hydroxylation is 1. The molecule has 0 radical (unpaired) electrons. The highest BCUT2D eigenvalue weighted by atomic mass is 32.1. The van der Waals surface area contributed by atoms with Crippen molar-refractivity contribution in [1.82, 2.24) is 4.90 Å². The van der Waals surface area contributed by atoms with Crippen molar-refractivity contribution >= 4 is 18.5 Å². The van der Waals surface area contributed by atoms with Crippen LogP contribution < -0.4 is 0 Å². The minimum Gasteiger partial charge on any atom is -0.334 e. The van der Waals surface area contributed by atoms with Crippen LogP contribution in [0.5, 0.6) is 0 Å². The highest BCUT2D eigenvalue weighted by Gasteiger charge is 2.35. The van der Waals surface area contributed by atoms with Crippen molar-refractivity contribution in [2.75, 3.05) is 6.54 Å². The molecule has 90 valence electrons. The smallest absolute Gasteiger partial charge is 0.224 e. The molecular formula is C14H17NOS. The van der Waals surface area contributed by atoms with Gasteiger partial charge in [-0.2, -0.15) is 12.6 Å². The lowest BCUT2D eigenvalue weighted by molar-refractivity contribution is -0.130. The number of nitrogens with zero attached hydrogens (tertiary/aromatic N) is 1. The highest BCUT2D eigenvalue weighted by molar-refractivity contribution is 7.81. The Bertz CT molecular complexity index is 446. The van der Waals surface area contributed by atoms with E-state index in [-0.39, 0.29) is 11.2 Å². The maximum absolute atomic E-state index is 12.0. The van der Waals surface area contributed by atoms with Gasteiger partial charge in [0.15, 0.2) is 0 Å². The Balaban J connectivity index is 1.93. The average Bonchev–Trinajstić information content (AvgIpc) is 2.68. The van der Waals surface area contributed by atoms with Crippen LogP contribution in [0, 0.1) is 0 Å². The third-order valence-electron chi connectivity index (χ3n) is 3.85. The van der Waals surface area contributed by atoms with E-state index in [4.69, 9.17) is 0 Å². The van der Waals surface area contributed by atoms with Crippen LogP contribution in [0.2, 0.25) is 0 Å². The van der Waals surface area contributed by atoms with Gasteiger partial charge in [0.1, 0.15) is 0 Å². The summed E-state index contributed by atoms with van der Waals surface area (Å²) < 4.78 is 0. The van der Waals surface area contributed by atoms with Crippen molar-refractivity contribution in [2.24, 2.45) is 0 Å². The van der Waals surface area contributed by atoms with Gasteiger partial charge in [-0.15, -0.1) is 0 Å². The Morgan fingerprint density at radius 1 is 1.29 bits per heavy atom. The van der Waals surface area contributed by atoms with Gasteiger partial charge in [-0.05, 0) is 30.4 Å². The summed E-state index contributed by atoms with van der Waals surface area (Å²) in [4.78, 5) is 14.0. The Morgan fingerprint density at radius 2 is 2.12 bits per heavy atom. The topological polar surface area (TPSA) is 20.3 Å². The Morgan fingerprint density at radius 3 is 2.88 bits per heavy atom. The van der Waals surface area contributed by atoms with Gasteiger partial charge in [0, 0.05) is 18.2 Å². The Kier molecular flexibility index (Phi) is 2.87. The number of hydrogen-bond donors (Lipinski definition) is 1. The maximum Gasteiger partial charge on any atom is 0.224 e. The summed E-state index contributed by atoms with van der Waals surface area (Å²) in [5.41, 5.74) is 2.77. The lowest BCUT2D eigenvalue weighted by Crippen LogP contribution is -2.32. The van der Waals surface area contributed by atoms with Crippen molar-refractivity contribution in [1.29, 1.82) is 0 Å². The Hall–Kier alpha value is -0.960. The molecule has 2 aliphatic rings. The maximum atomic E-state index is 12.0. The summed E-state index contributed by atoms with van der Waals surface area (Å²) >= 11 is 4.44. The molecule has 1 fully saturated rings. The van der Waals surface area contributed by atoms with Crippen molar-refractivity contribution in [3.63, 3.8) is 0 Å². The largest absolute Gasteiger partial charge is 0.334 e. The normalized spacial score (nSPS) is 28.3. The second-order valence-corrected chi connectivity index (χ2v) is 5.74. The number of likely N-dealkylation sites (tertiary alicyclic amines) is 1. The molecule has 1 aliphatic heterocycles. The molecule has 1 unspecified atom stereocenters. The molecular weight excluding hydrogens is 230 g/mol. The predicted octanol–water partition coefficient (Wildman–Crippen LogP) is 2.59. The zero-order valence-electron chi connectivity index (χ0n) is 9.80. The molecule has 0 N–H and O–H groups in total. The van der Waals surface area contributed by atoms with E-state index in [0.717, 1.165) is 19.4 Å². The van der Waals surface area contributed by atoms with Crippen LogP contribution in [0.4, 0.5) is 0 Å². The minimum atomic E-state index is 0.219. The van der Waals surface area contributed by atoms with Crippen LogP contribution in [-0.4, -0.2) is 22.6 Å². The number of hydrogen-bond acceptors (Lipinski definition) is 2. The molecule has 1 aliphatic carbocycles. The zero-order chi connectivity index (χ0) is 11.8. The molecule has 1 saturated heterocycles. The van der Waals surface area contributed by atoms with Crippen LogP contribution in [0.3, 0.4) is 0 Å². The zero-order valence-corrected chi connectivity index (χ0v) is 10.7. The van der Waals surface area contributed by atoms with E-state index in [1.165, 1.54) is 17.5 Å². The summed E-state index contributed by atoms with van der Waals surface area (Å²) in [5.74, 6) is 0.270. The van der Waals surface area contributed by atoms with E-state index in [2.05, 4.69) is 36.9 Å². The van der Waals surface area contributed by atoms with Gasteiger partial charge < -0.3 is 4.90 Å². The van der Waals surface area contributed by atoms with Crippen LogP contribution in [0.1, 0.15) is 36.4 Å². The van der Waals surface area contributed by atoms with E-state index >= 15 is 0 Å². The summed E-state index contributed by atoms with van der Waals surface area (Å²) in [6, 6.07) is 8.84. The third kappa shape index (κ3) is 1.97. The SMILES string of the molecule is O=C1CC(S)CN1[C@H]1CCCc2ccccc21. The average molecular weight is 247 g/mol. The first-order valence-electron chi connectivity index (χ1n) is 6.31. The van der Waals surface area contributed by atoms with Gasteiger partial charge in [0.2, 0.25) is 5.91 Å². The first kappa shape index (κ1) is 11.1. The standard InChI is InChI=1S/C14H17NOS/c16-14-8-11(17)9-15(14)13-7-3-5-10-4-1-2-6-12(10)13/h1-2,4,6,11,13,17H,3,5,7-9H2/t11?,13-/m0/s1. The third-order valence-corrected chi connectivity index (χ3v) is 4.20. The van der Waals surface area contributed by atoms with E-state index in [1.807, 2.05) is 4.90 Å². The van der Waals surface area contributed by atoms with Crippen molar-refractivity contribution in [2.45, 2.75) is 37.0 Å². The number of amides is 1. The molecule has 1 aromatic rings. The molecule has 0 bridgehead atoms. The number of carbonyl (C=O) groups is 1. The van der Waals surface area contributed by atoms with Gasteiger partial charge >= 0.3 is 0 Å². The second kappa shape index (κ2) is 4.37. The summed E-state index contributed by atoms with van der Waals surface area (Å²) in [6.45, 7) is 0.806. The van der Waals surface area contributed by atoms with Gasteiger partial charge in [-0.3, -0.25) is 4.79 Å². The first-order valence-corrected chi connectivity index (χ1v) is 6.82. The van der Waals surface area contributed by atoms with Gasteiger partial charge in [0.25, 0.3) is 0 Å². The number of benzene rings is 1. The lowest BCUT2D eigenvalue weighted by atomic mass is 9.87. The molecule has 0 saturated carbocycles. The molecule has 2 atom stereocenters. The van der Waals surface area contributed by atoms with Gasteiger partial charge in [-0.1, -0.05) is 24.3 Å². The fourth-order valence-corrected chi connectivity index (χ4v) is 3.40. The molecule has 0 aromatic heterocycles. The Labute approximate surface area is 107 Å². The number of thiol groups is 1. The second-order valence-electron chi connectivity index (χ2n) is 5.01. The highest BCUT2D eigenvalue weighted by Crippen LogP contribution is 2.37. The molecule has 1 aromatic carbocycles. The molecule has 1 amide bonds. The van der Waals surface area contributed by atoms with E-state index in [9.17, 15) is 4.79 Å². The monoisotopic (exact) mass is 247 g/mol. The number of rotatable bonds is 1. The lowest BCUT2D eigenvalue weighted by Gasteiger charge is -2.33. The predicted molar refractivity (Wildman–Crippen MR) is 71.2 cm³/mol. The molecule has 3 heteroatoms. The molecule has 17 heavy (non-hydrogen) atoms. The van der Waals surface area contributed by atoms with Crippen molar-refractivity contribution < 1.29 is 4.79 Å². The van der Waals surface area contributed by atoms with E-state index < -0.39 is 0 Å². The van der Waals surface area contributed by atoms with Crippen LogP contribution >= 0.6 is 12.6 Å². The first-order chi connectivity index (χ1) is 8.25. The van der Waals surface area contributed by atoms with Crippen LogP contribution in [0.15, 0.2) is 24.3 Å². The van der Waals surface area contributed by atoms with Crippen molar-refractivity contribution in [3.05, 3.63) is 35.4 Å². The summed E-state index contributed by atoms with van der Waals surface area (Å²) in [5, 5.41) is 0.219. The molecule has 0 spiro atoms. The number of fused-ring (bicyclic) bond motifs is 1. The van der Waals surface area contributed by atoms with Gasteiger partial charge in [0.05, 0.1) is 6.04 Å². The van der Waals surface area contributed by atoms with Crippen LogP contribution in [0.25, 0.3) is 0 Å². The summed E-state index contributed by atoms with van der Waals surface area (Å²) in [6.07, 6.45) is 4.03. The van der Waals surface area contributed by atoms with E-state index in [1.54, 1.807) is 0 Å². The quantitative estimate of drug-likeness (QED) is 0.756. The van der Waals surface area contributed by atoms with Gasteiger partial charge in [-0.25, -0.2) is 0 Å². The fourth-order valence-electron chi connectivity index (χ4n) is 3.07. The molecule has 2 nitrogen and oxygen atoms in total. The number of carbonyl (C=O) groups excluding carboxylic acids is 1.